The number of sulfonamides is 1. The second-order valence-electron chi connectivity index (χ2n) is 4.69. The highest BCUT2D eigenvalue weighted by molar-refractivity contribution is 7.92. The van der Waals surface area contributed by atoms with E-state index in [1.165, 1.54) is 17.6 Å². The second-order valence-corrected chi connectivity index (χ2v) is 7.11. The second kappa shape index (κ2) is 6.90. The Hall–Kier alpha value is -1.34. The molecule has 0 aliphatic carbocycles. The summed E-state index contributed by atoms with van der Waals surface area (Å²) in [7, 11) is -1.75. The van der Waals surface area contributed by atoms with Crippen LogP contribution < -0.4 is 14.9 Å². The molecular formula is C13H21N3O2S2. The highest BCUT2D eigenvalue weighted by Gasteiger charge is 2.12. The Morgan fingerprint density at radius 2 is 2.10 bits per heavy atom. The molecule has 0 spiro atoms. The lowest BCUT2D eigenvalue weighted by molar-refractivity contribution is 0.600. The number of rotatable bonds is 5. The minimum atomic E-state index is -3.27. The van der Waals surface area contributed by atoms with Crippen molar-refractivity contribution < 1.29 is 8.42 Å². The van der Waals surface area contributed by atoms with Crippen molar-refractivity contribution in [2.75, 3.05) is 22.9 Å². The third kappa shape index (κ3) is 4.97. The van der Waals surface area contributed by atoms with Gasteiger partial charge in [-0.1, -0.05) is 13.0 Å². The molecular weight excluding hydrogens is 294 g/mol. The molecule has 0 bridgehead atoms. The van der Waals surface area contributed by atoms with Crippen LogP contribution in [0.4, 0.5) is 11.4 Å². The van der Waals surface area contributed by atoms with Gasteiger partial charge in [0.15, 0.2) is 5.11 Å². The normalized spacial score (nSPS) is 12.6. The lowest BCUT2D eigenvalue weighted by Crippen LogP contribution is -2.35. The van der Waals surface area contributed by atoms with Crippen LogP contribution in [0.2, 0.25) is 0 Å². The summed E-state index contributed by atoms with van der Waals surface area (Å²) in [5.41, 5.74) is 1.34. The van der Waals surface area contributed by atoms with Gasteiger partial charge in [-0.25, -0.2) is 8.42 Å². The third-order valence-corrected chi connectivity index (χ3v) is 4.38. The fourth-order valence-corrected chi connectivity index (χ4v) is 2.28. The van der Waals surface area contributed by atoms with Gasteiger partial charge in [-0.15, -0.1) is 0 Å². The highest BCUT2D eigenvalue weighted by atomic mass is 32.2. The van der Waals surface area contributed by atoms with Crippen molar-refractivity contribution in [3.05, 3.63) is 24.3 Å². The van der Waals surface area contributed by atoms with Gasteiger partial charge in [0, 0.05) is 18.8 Å². The van der Waals surface area contributed by atoms with E-state index in [4.69, 9.17) is 12.2 Å². The molecule has 0 aliphatic heterocycles. The quantitative estimate of drug-likeness (QED) is 0.816. The third-order valence-electron chi connectivity index (χ3n) is 2.95. The number of nitrogens with zero attached hydrogens (tertiary/aromatic N) is 1. The van der Waals surface area contributed by atoms with Gasteiger partial charge in [0.05, 0.1) is 11.9 Å². The van der Waals surface area contributed by atoms with Crippen LogP contribution in [0.1, 0.15) is 20.3 Å². The Bertz CT molecular complexity index is 573. The predicted octanol–water partition coefficient (Wildman–Crippen LogP) is 2.17. The number of nitrogens with one attached hydrogen (secondary N) is 2. The molecule has 5 nitrogen and oxygen atoms in total. The molecule has 20 heavy (non-hydrogen) atoms. The minimum absolute atomic E-state index is 0.289. The van der Waals surface area contributed by atoms with E-state index in [0.717, 1.165) is 12.1 Å². The van der Waals surface area contributed by atoms with Gasteiger partial charge < -0.3 is 10.6 Å². The molecule has 1 rings (SSSR count). The number of hydrogen-bond donors (Lipinski definition) is 2. The summed E-state index contributed by atoms with van der Waals surface area (Å²) >= 11 is 5.21. The maximum absolute atomic E-state index is 11.5. The Labute approximate surface area is 126 Å². The van der Waals surface area contributed by atoms with Crippen LogP contribution in [-0.2, 0) is 10.0 Å². The lowest BCUT2D eigenvalue weighted by Gasteiger charge is -2.19. The van der Waals surface area contributed by atoms with Gasteiger partial charge in [0.2, 0.25) is 10.0 Å². The van der Waals surface area contributed by atoms with Gasteiger partial charge in [-0.3, -0.25) is 4.31 Å². The first-order chi connectivity index (χ1) is 9.24. The topological polar surface area (TPSA) is 61.4 Å². The zero-order chi connectivity index (χ0) is 15.3. The van der Waals surface area contributed by atoms with E-state index in [-0.39, 0.29) is 6.04 Å². The van der Waals surface area contributed by atoms with E-state index in [0.29, 0.717) is 10.8 Å². The molecule has 112 valence electrons. The summed E-state index contributed by atoms with van der Waals surface area (Å²) in [6, 6.07) is 7.38. The minimum Gasteiger partial charge on any atom is -0.360 e. The maximum atomic E-state index is 11.5. The van der Waals surface area contributed by atoms with E-state index < -0.39 is 10.0 Å². The first-order valence-electron chi connectivity index (χ1n) is 6.35. The van der Waals surface area contributed by atoms with Crippen molar-refractivity contribution in [2.24, 2.45) is 0 Å². The molecule has 0 aliphatic rings. The van der Waals surface area contributed by atoms with Gasteiger partial charge >= 0.3 is 0 Å². The largest absolute Gasteiger partial charge is 0.360 e. The Balaban J connectivity index is 2.81. The van der Waals surface area contributed by atoms with E-state index >= 15 is 0 Å². The molecule has 0 radical (unpaired) electrons. The van der Waals surface area contributed by atoms with Crippen molar-refractivity contribution in [1.82, 2.24) is 5.32 Å². The summed E-state index contributed by atoms with van der Waals surface area (Å²) in [5, 5.41) is 6.72. The van der Waals surface area contributed by atoms with Crippen molar-refractivity contribution in [3.8, 4) is 0 Å². The summed E-state index contributed by atoms with van der Waals surface area (Å²) in [6.45, 7) is 4.11. The zero-order valence-corrected chi connectivity index (χ0v) is 13.8. The molecule has 0 aromatic heterocycles. The summed E-state index contributed by atoms with van der Waals surface area (Å²) in [4.78, 5) is 0. The van der Waals surface area contributed by atoms with Gasteiger partial charge in [-0.05, 0) is 43.8 Å². The van der Waals surface area contributed by atoms with Crippen molar-refractivity contribution in [3.63, 3.8) is 0 Å². The van der Waals surface area contributed by atoms with Crippen LogP contribution in [-0.4, -0.2) is 32.9 Å². The fraction of sp³-hybridized carbons (Fsp3) is 0.462. The predicted molar refractivity (Wildman–Crippen MR) is 88.8 cm³/mol. The first kappa shape index (κ1) is 16.7. The first-order valence-corrected chi connectivity index (χ1v) is 8.61. The molecule has 0 amide bonds. The summed E-state index contributed by atoms with van der Waals surface area (Å²) < 4.78 is 24.3. The van der Waals surface area contributed by atoms with Crippen molar-refractivity contribution >= 4 is 38.7 Å². The Morgan fingerprint density at radius 3 is 2.65 bits per heavy atom. The zero-order valence-electron chi connectivity index (χ0n) is 12.2. The fourth-order valence-electron chi connectivity index (χ4n) is 1.46. The summed E-state index contributed by atoms with van der Waals surface area (Å²) in [5.74, 6) is 0. The van der Waals surface area contributed by atoms with Crippen LogP contribution >= 0.6 is 12.2 Å². The van der Waals surface area contributed by atoms with Gasteiger partial charge in [-0.2, -0.15) is 0 Å². The molecule has 0 saturated heterocycles. The molecule has 1 aromatic rings. The van der Waals surface area contributed by atoms with Crippen LogP contribution in [0.15, 0.2) is 24.3 Å². The lowest BCUT2D eigenvalue weighted by atomic mass is 10.2. The van der Waals surface area contributed by atoms with Gasteiger partial charge in [0.25, 0.3) is 0 Å². The highest BCUT2D eigenvalue weighted by Crippen LogP contribution is 2.20. The number of anilines is 2. The number of hydrogen-bond acceptors (Lipinski definition) is 3. The average Bonchev–Trinajstić information content (AvgIpc) is 2.36. The van der Waals surface area contributed by atoms with E-state index in [9.17, 15) is 8.42 Å². The number of thiocarbonyl (C=S) groups is 1. The monoisotopic (exact) mass is 315 g/mol. The Kier molecular flexibility index (Phi) is 5.76. The molecule has 0 fully saturated rings. The standard InChI is InChI=1S/C13H21N3O2S2/c1-5-10(2)14-13(19)15-11-7-6-8-12(9-11)16(3)20(4,17)18/h6-10H,5H2,1-4H3,(H2,14,15,19). The van der Waals surface area contributed by atoms with Crippen molar-refractivity contribution in [2.45, 2.75) is 26.3 Å². The smallest absolute Gasteiger partial charge is 0.231 e. The number of benzene rings is 1. The van der Waals surface area contributed by atoms with Crippen LogP contribution in [0.5, 0.6) is 0 Å². The molecule has 1 unspecified atom stereocenters. The van der Waals surface area contributed by atoms with E-state index in [2.05, 4.69) is 17.6 Å². The van der Waals surface area contributed by atoms with Crippen LogP contribution in [0, 0.1) is 0 Å². The van der Waals surface area contributed by atoms with E-state index in [1.54, 1.807) is 18.2 Å². The maximum Gasteiger partial charge on any atom is 0.231 e. The molecule has 0 heterocycles. The molecule has 1 atom stereocenters. The SMILES string of the molecule is CCC(C)NC(=S)Nc1cccc(N(C)S(C)(=O)=O)c1. The van der Waals surface area contributed by atoms with Crippen LogP contribution in [0.3, 0.4) is 0 Å². The van der Waals surface area contributed by atoms with Gasteiger partial charge in [0.1, 0.15) is 0 Å². The average molecular weight is 315 g/mol. The molecule has 2 N–H and O–H groups in total. The molecule has 7 heteroatoms. The molecule has 1 aromatic carbocycles. The molecule has 0 saturated carbocycles. The van der Waals surface area contributed by atoms with Crippen molar-refractivity contribution in [1.29, 1.82) is 0 Å². The van der Waals surface area contributed by atoms with Crippen LogP contribution in [0.25, 0.3) is 0 Å². The van der Waals surface area contributed by atoms with E-state index in [1.807, 2.05) is 13.0 Å². The Morgan fingerprint density at radius 1 is 1.45 bits per heavy atom. The summed E-state index contributed by atoms with van der Waals surface area (Å²) in [6.07, 6.45) is 2.14.